The number of rotatable bonds is 16. The molecule has 6 aliphatic rings. The second-order valence-electron chi connectivity index (χ2n) is 24.5. The zero-order valence-corrected chi connectivity index (χ0v) is 49.0. The number of aromatic nitrogens is 1. The molecule has 6 saturated heterocycles. The number of sulfone groups is 1. The molecule has 1 aromatic heterocycles. The molecule has 6 aliphatic heterocycles. The third-order valence-electron chi connectivity index (χ3n) is 18.7. The number of anilines is 1. The molecule has 1 unspecified atom stereocenters. The lowest BCUT2D eigenvalue weighted by molar-refractivity contribution is -0.156. The lowest BCUT2D eigenvalue weighted by atomic mass is 9.66. The first kappa shape index (κ1) is 58.6. The van der Waals surface area contributed by atoms with E-state index in [9.17, 15) is 27.6 Å². The maximum absolute atomic E-state index is 15.5. The van der Waals surface area contributed by atoms with E-state index in [-0.39, 0.29) is 60.0 Å². The van der Waals surface area contributed by atoms with Crippen molar-refractivity contribution in [2.24, 2.45) is 35.0 Å². The first-order valence-electron chi connectivity index (χ1n) is 29.2. The minimum Gasteiger partial charge on any atom is -0.357 e. The Bertz CT molecular complexity index is 2830. The second-order valence-corrected chi connectivity index (χ2v) is 27.9. The van der Waals surface area contributed by atoms with Crippen molar-refractivity contribution in [3.05, 3.63) is 93.6 Å². The number of terminal acetylenes is 1. The van der Waals surface area contributed by atoms with E-state index in [0.29, 0.717) is 66.6 Å². The van der Waals surface area contributed by atoms with E-state index in [0.717, 1.165) is 94.0 Å². The highest BCUT2D eigenvalue weighted by molar-refractivity contribution is 7.92. The van der Waals surface area contributed by atoms with Crippen LogP contribution in [0.15, 0.2) is 66.9 Å². The van der Waals surface area contributed by atoms with Crippen LogP contribution in [0.25, 0.3) is 0 Å². The van der Waals surface area contributed by atoms with Crippen molar-refractivity contribution in [1.82, 2.24) is 29.9 Å². The number of hydrogen-bond donors (Lipinski definition) is 1. The van der Waals surface area contributed by atoms with Crippen LogP contribution in [0.5, 0.6) is 0 Å². The summed E-state index contributed by atoms with van der Waals surface area (Å²) in [6.07, 6.45) is 18.0. The van der Waals surface area contributed by atoms with Crippen LogP contribution in [0.4, 0.5) is 5.82 Å². The number of carbonyl (C=O) groups is 5. The van der Waals surface area contributed by atoms with Crippen LogP contribution in [0.2, 0.25) is 10.0 Å². The summed E-state index contributed by atoms with van der Waals surface area (Å²) in [5.74, 6) is 3.31. The molecule has 2 aromatic carbocycles. The highest BCUT2D eigenvalue weighted by Gasteiger charge is 2.55. The molecular formula is C62H81Cl2N7O7S. The number of pyridine rings is 1. The molecule has 0 spiro atoms. The van der Waals surface area contributed by atoms with Gasteiger partial charge in [-0.25, -0.2) is 13.4 Å². The standard InChI is InChI=1S/C62H81Cl2N7O7S/c1-6-62(37-53(48-8-7-9-51(64)35-48)58(46-10-12-50(63)13-11-46)71(61(62)76)54(41(2)3)40-79(77,78)42(4)5)38-57(73)69-32-23-47(24-33-69)60(75)70-30-19-44(20-31-70)34-43-17-26-67(27-18-43)39-45-21-28-68(29-22-45)55-36-49(16-25-65-55)52-14-15-56(72)66-59(52)74/h1,7-13,16,25,35-36,41-45,47,52-54,58H,14-15,17-24,26-34,37-40H2,2-5H3,(H,66,72,74)/t52?,53-,54-,58-,62-/m1/s1. The summed E-state index contributed by atoms with van der Waals surface area (Å²) in [6.45, 7) is 14.7. The Morgan fingerprint density at radius 2 is 1.41 bits per heavy atom. The maximum atomic E-state index is 15.5. The Kier molecular flexibility index (Phi) is 18.9. The molecule has 3 aromatic rings. The Morgan fingerprint density at radius 3 is 2.03 bits per heavy atom. The Morgan fingerprint density at radius 1 is 0.759 bits per heavy atom. The van der Waals surface area contributed by atoms with E-state index in [4.69, 9.17) is 29.6 Å². The zero-order chi connectivity index (χ0) is 56.2. The van der Waals surface area contributed by atoms with Gasteiger partial charge in [-0.1, -0.05) is 67.2 Å². The molecule has 0 radical (unpaired) electrons. The zero-order valence-electron chi connectivity index (χ0n) is 46.7. The summed E-state index contributed by atoms with van der Waals surface area (Å²) < 4.78 is 27.5. The molecule has 79 heavy (non-hydrogen) atoms. The molecule has 0 aliphatic carbocycles. The SMILES string of the molecule is C#C[C@]1(CC(=O)N2CCC(C(=O)N3CCC(CC4CCN(CC5CCN(c6cc(C7CCC(=O)NC7=O)ccn6)CC5)CC4)CC3)CC2)C[C@H](c2cccc(Cl)c2)[C@@H](c2ccc(Cl)cc2)N([C@H](CS(=O)(=O)C(C)C)C(C)C)C1=O. The van der Waals surface area contributed by atoms with Gasteiger partial charge in [-0.2, -0.15) is 0 Å². The van der Waals surface area contributed by atoms with Gasteiger partial charge in [0.1, 0.15) is 11.2 Å². The van der Waals surface area contributed by atoms with Crippen molar-refractivity contribution < 1.29 is 32.4 Å². The number of carbonyl (C=O) groups excluding carboxylic acids is 5. The maximum Gasteiger partial charge on any atom is 0.242 e. The molecule has 14 nitrogen and oxygen atoms in total. The third-order valence-corrected chi connectivity index (χ3v) is 21.5. The third kappa shape index (κ3) is 13.7. The van der Waals surface area contributed by atoms with Crippen molar-refractivity contribution in [1.29, 1.82) is 0 Å². The van der Waals surface area contributed by atoms with E-state index >= 15 is 4.79 Å². The van der Waals surface area contributed by atoms with E-state index in [1.54, 1.807) is 48.0 Å². The van der Waals surface area contributed by atoms with Crippen LogP contribution in [0.3, 0.4) is 0 Å². The summed E-state index contributed by atoms with van der Waals surface area (Å²) in [7, 11) is -3.65. The molecule has 9 rings (SSSR count). The smallest absolute Gasteiger partial charge is 0.242 e. The quantitative estimate of drug-likeness (QED) is 0.108. The minimum absolute atomic E-state index is 0.137. The molecule has 6 fully saturated rings. The minimum atomic E-state index is -3.65. The fourth-order valence-corrected chi connectivity index (χ4v) is 15.5. The van der Waals surface area contributed by atoms with Gasteiger partial charge in [0.15, 0.2) is 9.84 Å². The van der Waals surface area contributed by atoms with Crippen LogP contribution in [-0.4, -0.2) is 138 Å². The average Bonchev–Trinajstić information content (AvgIpc) is 3.48. The Hall–Kier alpha value is -5.01. The number of nitrogens with one attached hydrogen (secondary N) is 1. The number of nitrogens with zero attached hydrogens (tertiary/aromatic N) is 6. The number of benzene rings is 2. The molecule has 1 N–H and O–H groups in total. The van der Waals surface area contributed by atoms with Crippen molar-refractivity contribution >= 4 is 68.4 Å². The van der Waals surface area contributed by atoms with E-state index < -0.39 is 44.4 Å². The summed E-state index contributed by atoms with van der Waals surface area (Å²) in [4.78, 5) is 83.6. The number of likely N-dealkylation sites (tertiary alicyclic amines) is 4. The number of imide groups is 1. The van der Waals surface area contributed by atoms with Crippen LogP contribution in [0, 0.1) is 47.3 Å². The number of piperidine rings is 6. The number of amides is 5. The Labute approximate surface area is 479 Å². The first-order valence-corrected chi connectivity index (χ1v) is 31.6. The number of hydrogen-bond acceptors (Lipinski definition) is 10. The molecule has 7 heterocycles. The summed E-state index contributed by atoms with van der Waals surface area (Å²) in [5.41, 5.74) is 0.932. The van der Waals surface area contributed by atoms with Gasteiger partial charge in [-0.15, -0.1) is 6.42 Å². The van der Waals surface area contributed by atoms with Crippen LogP contribution >= 0.6 is 23.2 Å². The molecule has 5 amide bonds. The van der Waals surface area contributed by atoms with Gasteiger partial charge in [-0.3, -0.25) is 29.3 Å². The largest absolute Gasteiger partial charge is 0.357 e. The molecule has 426 valence electrons. The fourth-order valence-electron chi connectivity index (χ4n) is 13.7. The van der Waals surface area contributed by atoms with Crippen molar-refractivity contribution in [3.8, 4) is 12.3 Å². The molecule has 0 bridgehead atoms. The Balaban J connectivity index is 0.752. The van der Waals surface area contributed by atoms with Gasteiger partial charge in [0, 0.05) is 86.4 Å². The van der Waals surface area contributed by atoms with E-state index in [1.807, 2.05) is 56.3 Å². The summed E-state index contributed by atoms with van der Waals surface area (Å²) in [5, 5.41) is 2.83. The van der Waals surface area contributed by atoms with Crippen molar-refractivity contribution in [3.63, 3.8) is 0 Å². The topological polar surface area (TPSA) is 161 Å². The summed E-state index contributed by atoms with van der Waals surface area (Å²) >= 11 is 13.0. The molecule has 0 saturated carbocycles. The monoisotopic (exact) mass is 1140 g/mol. The lowest BCUT2D eigenvalue weighted by Gasteiger charge is -2.52. The van der Waals surface area contributed by atoms with Crippen molar-refractivity contribution in [2.45, 2.75) is 140 Å². The highest BCUT2D eigenvalue weighted by Crippen LogP contribution is 2.53. The molecular weight excluding hydrogens is 1060 g/mol. The van der Waals surface area contributed by atoms with Crippen LogP contribution < -0.4 is 10.2 Å². The predicted octanol–water partition coefficient (Wildman–Crippen LogP) is 9.32. The van der Waals surface area contributed by atoms with Gasteiger partial charge in [0.05, 0.1) is 29.4 Å². The van der Waals surface area contributed by atoms with Crippen LogP contribution in [0.1, 0.15) is 146 Å². The van der Waals surface area contributed by atoms with Crippen LogP contribution in [-0.2, 0) is 33.8 Å². The predicted molar refractivity (Wildman–Crippen MR) is 310 cm³/mol. The van der Waals surface area contributed by atoms with Gasteiger partial charge in [0.25, 0.3) is 0 Å². The average molecular weight is 1140 g/mol. The van der Waals surface area contributed by atoms with E-state index in [1.165, 1.54) is 19.3 Å². The normalized spacial score (nSPS) is 25.2. The van der Waals surface area contributed by atoms with Gasteiger partial charge < -0.3 is 24.5 Å². The lowest BCUT2D eigenvalue weighted by Crippen LogP contribution is -2.60. The fraction of sp³-hybridized carbons (Fsp3) is 0.613. The van der Waals surface area contributed by atoms with Gasteiger partial charge in [-0.05, 0) is 174 Å². The van der Waals surface area contributed by atoms with Gasteiger partial charge in [0.2, 0.25) is 29.5 Å². The van der Waals surface area contributed by atoms with Crippen molar-refractivity contribution in [2.75, 3.05) is 69.6 Å². The van der Waals surface area contributed by atoms with E-state index in [2.05, 4.69) is 30.9 Å². The highest BCUT2D eigenvalue weighted by atomic mass is 35.5. The molecule has 5 atom stereocenters. The number of halogens is 2. The second kappa shape index (κ2) is 25.4. The van der Waals surface area contributed by atoms with Gasteiger partial charge >= 0.3 is 0 Å². The molecule has 17 heteroatoms. The summed E-state index contributed by atoms with van der Waals surface area (Å²) in [6, 6.07) is 17.2. The first-order chi connectivity index (χ1) is 37.8.